The second-order valence-corrected chi connectivity index (χ2v) is 11.3. The number of aryl methyl sites for hydroxylation is 1. The molecule has 3 rings (SSSR count). The van der Waals surface area contributed by atoms with E-state index < -0.39 is 28.5 Å². The fourth-order valence-corrected chi connectivity index (χ4v) is 5.54. The van der Waals surface area contributed by atoms with Crippen LogP contribution in [-0.4, -0.2) is 44.3 Å². The van der Waals surface area contributed by atoms with Gasteiger partial charge in [-0.2, -0.15) is 0 Å². The van der Waals surface area contributed by atoms with E-state index in [1.165, 1.54) is 23.1 Å². The molecule has 0 aliphatic carbocycles. The fraction of sp³-hybridized carbons (Fsp3) is 0.259. The lowest BCUT2D eigenvalue weighted by Crippen LogP contribution is -2.51. The van der Waals surface area contributed by atoms with Gasteiger partial charge in [0, 0.05) is 23.1 Å². The molecule has 2 amide bonds. The van der Waals surface area contributed by atoms with Crippen molar-refractivity contribution in [3.8, 4) is 0 Å². The molecular weight excluding hydrogens is 533 g/mol. The lowest BCUT2D eigenvalue weighted by atomic mass is 10.1. The van der Waals surface area contributed by atoms with Crippen LogP contribution in [0.3, 0.4) is 0 Å². The van der Waals surface area contributed by atoms with Crippen LogP contribution in [0.25, 0.3) is 0 Å². The molecular formula is C27H29Cl2N3O4S. The number of nitrogens with one attached hydrogen (secondary N) is 1. The van der Waals surface area contributed by atoms with Crippen LogP contribution < -0.4 is 9.62 Å². The first-order chi connectivity index (χ1) is 17.5. The lowest BCUT2D eigenvalue weighted by Gasteiger charge is -2.32. The summed E-state index contributed by atoms with van der Waals surface area (Å²) in [4.78, 5) is 27.9. The van der Waals surface area contributed by atoms with Crippen molar-refractivity contribution < 1.29 is 18.0 Å². The van der Waals surface area contributed by atoms with Crippen LogP contribution in [0.5, 0.6) is 0 Å². The van der Waals surface area contributed by atoms with Crippen molar-refractivity contribution in [2.75, 3.05) is 17.4 Å². The molecule has 0 aliphatic rings. The fourth-order valence-electron chi connectivity index (χ4n) is 3.73. The van der Waals surface area contributed by atoms with Gasteiger partial charge in [-0.1, -0.05) is 59.1 Å². The smallest absolute Gasteiger partial charge is 0.264 e. The van der Waals surface area contributed by atoms with Crippen LogP contribution in [0.15, 0.2) is 77.7 Å². The summed E-state index contributed by atoms with van der Waals surface area (Å²) in [5, 5.41) is 3.53. The van der Waals surface area contributed by atoms with E-state index in [4.69, 9.17) is 23.2 Å². The largest absolute Gasteiger partial charge is 0.355 e. The molecule has 0 fully saturated rings. The molecule has 37 heavy (non-hydrogen) atoms. The molecule has 0 bridgehead atoms. The molecule has 196 valence electrons. The number of carbonyl (C=O) groups is 2. The summed E-state index contributed by atoms with van der Waals surface area (Å²) in [5.41, 5.74) is 1.83. The van der Waals surface area contributed by atoms with Crippen molar-refractivity contribution in [3.05, 3.63) is 94.0 Å². The van der Waals surface area contributed by atoms with Crippen molar-refractivity contribution in [1.29, 1.82) is 0 Å². The van der Waals surface area contributed by atoms with E-state index in [9.17, 15) is 18.0 Å². The van der Waals surface area contributed by atoms with Crippen LogP contribution >= 0.6 is 23.2 Å². The van der Waals surface area contributed by atoms with Gasteiger partial charge >= 0.3 is 0 Å². The Labute approximate surface area is 228 Å². The molecule has 0 spiro atoms. The van der Waals surface area contributed by atoms with Gasteiger partial charge < -0.3 is 10.2 Å². The molecule has 0 saturated heterocycles. The van der Waals surface area contributed by atoms with Gasteiger partial charge in [0.05, 0.1) is 10.6 Å². The highest BCUT2D eigenvalue weighted by Gasteiger charge is 2.32. The van der Waals surface area contributed by atoms with E-state index in [2.05, 4.69) is 5.32 Å². The quantitative estimate of drug-likeness (QED) is 0.375. The lowest BCUT2D eigenvalue weighted by molar-refractivity contribution is -0.139. The summed E-state index contributed by atoms with van der Waals surface area (Å²) in [5.74, 6) is -0.914. The van der Waals surface area contributed by atoms with E-state index in [1.54, 1.807) is 68.4 Å². The van der Waals surface area contributed by atoms with Gasteiger partial charge in [-0.25, -0.2) is 8.42 Å². The average molecular weight is 563 g/mol. The highest BCUT2D eigenvalue weighted by molar-refractivity contribution is 7.92. The van der Waals surface area contributed by atoms with Crippen molar-refractivity contribution in [1.82, 2.24) is 10.2 Å². The normalized spacial score (nSPS) is 12.0. The Morgan fingerprint density at radius 3 is 2.16 bits per heavy atom. The number of hydrogen-bond acceptors (Lipinski definition) is 4. The average Bonchev–Trinajstić information content (AvgIpc) is 2.85. The molecule has 3 aromatic carbocycles. The Bertz CT molecular complexity index is 1360. The van der Waals surface area contributed by atoms with Crippen LogP contribution in [0.2, 0.25) is 10.0 Å². The van der Waals surface area contributed by atoms with Crippen LogP contribution in [0.4, 0.5) is 5.69 Å². The van der Waals surface area contributed by atoms with Gasteiger partial charge in [0.2, 0.25) is 11.8 Å². The zero-order valence-electron chi connectivity index (χ0n) is 20.8. The highest BCUT2D eigenvalue weighted by Crippen LogP contribution is 2.27. The topological polar surface area (TPSA) is 86.8 Å². The molecule has 0 aromatic heterocycles. The van der Waals surface area contributed by atoms with E-state index in [1.807, 2.05) is 6.92 Å². The predicted octanol–water partition coefficient (Wildman–Crippen LogP) is 5.05. The summed E-state index contributed by atoms with van der Waals surface area (Å²) in [6.45, 7) is 5.14. The summed E-state index contributed by atoms with van der Waals surface area (Å²) in [6, 6.07) is 18.7. The van der Waals surface area contributed by atoms with Crippen molar-refractivity contribution >= 4 is 50.7 Å². The summed E-state index contributed by atoms with van der Waals surface area (Å²) in [6.07, 6.45) is 0. The predicted molar refractivity (Wildman–Crippen MR) is 147 cm³/mol. The number of rotatable bonds is 10. The Balaban J connectivity index is 2.03. The van der Waals surface area contributed by atoms with Gasteiger partial charge in [-0.15, -0.1) is 0 Å². The van der Waals surface area contributed by atoms with Crippen molar-refractivity contribution in [2.45, 2.75) is 38.3 Å². The number of amides is 2. The number of benzene rings is 3. The minimum Gasteiger partial charge on any atom is -0.355 e. The second-order valence-electron chi connectivity index (χ2n) is 8.53. The van der Waals surface area contributed by atoms with Crippen molar-refractivity contribution in [2.24, 2.45) is 0 Å². The second kappa shape index (κ2) is 12.4. The molecule has 10 heteroatoms. The van der Waals surface area contributed by atoms with Gasteiger partial charge in [0.1, 0.15) is 12.6 Å². The Morgan fingerprint density at radius 1 is 0.946 bits per heavy atom. The van der Waals surface area contributed by atoms with Crippen LogP contribution in [0.1, 0.15) is 25.0 Å². The Morgan fingerprint density at radius 2 is 1.57 bits per heavy atom. The third-order valence-corrected chi connectivity index (χ3v) is 8.00. The number of hydrogen-bond donors (Lipinski definition) is 1. The third kappa shape index (κ3) is 7.25. The number of anilines is 1. The minimum atomic E-state index is -4.15. The molecule has 7 nitrogen and oxygen atoms in total. The molecule has 0 heterocycles. The molecule has 1 atom stereocenters. The van der Waals surface area contributed by atoms with Gasteiger partial charge in [0.25, 0.3) is 10.0 Å². The molecule has 1 N–H and O–H groups in total. The maximum Gasteiger partial charge on any atom is 0.264 e. The first kappa shape index (κ1) is 28.5. The summed E-state index contributed by atoms with van der Waals surface area (Å²) >= 11 is 12.3. The molecule has 0 unspecified atom stereocenters. The summed E-state index contributed by atoms with van der Waals surface area (Å²) in [7, 11) is -4.15. The van der Waals surface area contributed by atoms with E-state index >= 15 is 0 Å². The first-order valence-electron chi connectivity index (χ1n) is 11.7. The van der Waals surface area contributed by atoms with Crippen LogP contribution in [0, 0.1) is 6.92 Å². The van der Waals surface area contributed by atoms with Gasteiger partial charge in [-0.3, -0.25) is 13.9 Å². The van der Waals surface area contributed by atoms with Crippen LogP contribution in [-0.2, 0) is 26.2 Å². The van der Waals surface area contributed by atoms with E-state index in [0.717, 1.165) is 9.87 Å². The maximum absolute atomic E-state index is 13.8. The number of carbonyl (C=O) groups excluding carboxylic acids is 2. The third-order valence-electron chi connectivity index (χ3n) is 5.74. The highest BCUT2D eigenvalue weighted by atomic mass is 35.5. The number of nitrogens with zero attached hydrogens (tertiary/aromatic N) is 2. The Kier molecular flexibility index (Phi) is 9.59. The van der Waals surface area contributed by atoms with Gasteiger partial charge in [-0.05, 0) is 68.8 Å². The number of sulfonamides is 1. The first-order valence-corrected chi connectivity index (χ1v) is 13.9. The van der Waals surface area contributed by atoms with Gasteiger partial charge in [0.15, 0.2) is 0 Å². The molecule has 3 aromatic rings. The SMILES string of the molecule is CCNC(=O)[C@@H](C)N(Cc1cccc(Cl)c1)C(=O)CN(c1cccc(Cl)c1)S(=O)(=O)c1ccc(C)cc1. The zero-order valence-corrected chi connectivity index (χ0v) is 23.1. The van der Waals surface area contributed by atoms with E-state index in [-0.39, 0.29) is 23.0 Å². The maximum atomic E-state index is 13.8. The number of likely N-dealkylation sites (N-methyl/N-ethyl adjacent to an activating group) is 1. The molecule has 0 aliphatic heterocycles. The molecule has 0 saturated carbocycles. The molecule has 0 radical (unpaired) electrons. The monoisotopic (exact) mass is 561 g/mol. The zero-order chi connectivity index (χ0) is 27.2. The summed E-state index contributed by atoms with van der Waals surface area (Å²) < 4.78 is 28.5. The van der Waals surface area contributed by atoms with Crippen molar-refractivity contribution in [3.63, 3.8) is 0 Å². The Hall–Kier alpha value is -3.07. The standard InChI is InChI=1S/C27H29Cl2N3O4S/c1-4-30-27(34)20(3)31(17-21-7-5-8-22(28)15-21)26(33)18-32(24-10-6-9-23(29)16-24)37(35,36)25-13-11-19(2)12-14-25/h5-16,20H,4,17-18H2,1-3H3,(H,30,34)/t20-/m1/s1. The number of halogens is 2. The minimum absolute atomic E-state index is 0.0315. The van der Waals surface area contributed by atoms with E-state index in [0.29, 0.717) is 22.2 Å².